The average molecular weight is 466 g/mol. The molecular weight excluding hydrogens is 445 g/mol. The molecule has 2 amide bonds. The Morgan fingerprint density at radius 1 is 1.14 bits per heavy atom. The van der Waals surface area contributed by atoms with Crippen LogP contribution in [-0.2, 0) is 9.59 Å². The van der Waals surface area contributed by atoms with Gasteiger partial charge in [-0.2, -0.15) is 5.10 Å². The van der Waals surface area contributed by atoms with Crippen molar-refractivity contribution in [2.75, 3.05) is 18.5 Å². The zero-order valence-corrected chi connectivity index (χ0v) is 17.6. The maximum Gasteiger partial charge on any atom is 0.249 e. The number of halogens is 2. The van der Waals surface area contributed by atoms with Crippen LogP contribution in [-0.4, -0.2) is 31.2 Å². The van der Waals surface area contributed by atoms with Crippen LogP contribution in [0.5, 0.6) is 11.5 Å². The standard InChI is InChI=1S/C20H21BrFN3O4/c1-3-28-17-10-13(9-14(21)20(17)29-4-2)12-23-25-19(27)11-18(26)24-16-8-6-5-7-15(16)22/h5-10,12H,3-4,11H2,1-2H3,(H,24,26)(H,25,27). The molecule has 0 aromatic heterocycles. The van der Waals surface area contributed by atoms with Crippen molar-refractivity contribution in [1.82, 2.24) is 5.43 Å². The molecule has 0 radical (unpaired) electrons. The molecule has 29 heavy (non-hydrogen) atoms. The second kappa shape index (κ2) is 11.2. The van der Waals surface area contributed by atoms with Crippen LogP contribution >= 0.6 is 15.9 Å². The van der Waals surface area contributed by atoms with E-state index in [4.69, 9.17) is 9.47 Å². The number of rotatable bonds is 9. The van der Waals surface area contributed by atoms with E-state index in [2.05, 4.69) is 31.8 Å². The molecule has 2 aromatic rings. The van der Waals surface area contributed by atoms with Gasteiger partial charge in [0.15, 0.2) is 11.5 Å². The predicted molar refractivity (Wildman–Crippen MR) is 112 cm³/mol. The lowest BCUT2D eigenvalue weighted by Gasteiger charge is -2.13. The average Bonchev–Trinajstić information content (AvgIpc) is 2.66. The number of benzene rings is 2. The summed E-state index contributed by atoms with van der Waals surface area (Å²) in [6.45, 7) is 4.67. The minimum Gasteiger partial charge on any atom is -0.490 e. The van der Waals surface area contributed by atoms with E-state index in [1.54, 1.807) is 18.2 Å². The first-order chi connectivity index (χ1) is 13.9. The number of hydrogen-bond donors (Lipinski definition) is 2. The number of ether oxygens (including phenoxy) is 2. The fourth-order valence-corrected chi connectivity index (χ4v) is 2.91. The summed E-state index contributed by atoms with van der Waals surface area (Å²) >= 11 is 3.42. The maximum absolute atomic E-state index is 13.5. The van der Waals surface area contributed by atoms with Gasteiger partial charge in [-0.15, -0.1) is 0 Å². The second-order valence-corrected chi connectivity index (χ2v) is 6.55. The highest BCUT2D eigenvalue weighted by Crippen LogP contribution is 2.36. The number of para-hydroxylation sites is 1. The van der Waals surface area contributed by atoms with E-state index in [9.17, 15) is 14.0 Å². The number of carbonyl (C=O) groups is 2. The molecule has 0 atom stereocenters. The van der Waals surface area contributed by atoms with Crippen LogP contribution in [0.3, 0.4) is 0 Å². The van der Waals surface area contributed by atoms with Gasteiger partial charge >= 0.3 is 0 Å². The first kappa shape index (κ1) is 22.4. The molecule has 2 aromatic carbocycles. The molecule has 154 valence electrons. The minimum absolute atomic E-state index is 0.0106. The van der Waals surface area contributed by atoms with Crippen LogP contribution in [0.4, 0.5) is 10.1 Å². The van der Waals surface area contributed by atoms with Crippen LogP contribution in [0, 0.1) is 5.82 Å². The topological polar surface area (TPSA) is 89.0 Å². The monoisotopic (exact) mass is 465 g/mol. The molecule has 0 aliphatic carbocycles. The first-order valence-electron chi connectivity index (χ1n) is 8.90. The highest BCUT2D eigenvalue weighted by Gasteiger charge is 2.12. The van der Waals surface area contributed by atoms with Gasteiger partial charge in [0.05, 0.1) is 29.6 Å². The van der Waals surface area contributed by atoms with Gasteiger partial charge in [0.2, 0.25) is 11.8 Å². The lowest BCUT2D eigenvalue weighted by atomic mass is 10.2. The summed E-state index contributed by atoms with van der Waals surface area (Å²) in [5, 5.41) is 6.17. The van der Waals surface area contributed by atoms with E-state index in [1.807, 2.05) is 13.8 Å². The van der Waals surface area contributed by atoms with Crippen LogP contribution in [0.1, 0.15) is 25.8 Å². The van der Waals surface area contributed by atoms with Crippen molar-refractivity contribution in [3.63, 3.8) is 0 Å². The maximum atomic E-state index is 13.5. The summed E-state index contributed by atoms with van der Waals surface area (Å²) in [6, 6.07) is 9.18. The van der Waals surface area contributed by atoms with Gasteiger partial charge in [-0.25, -0.2) is 9.82 Å². The summed E-state index contributed by atoms with van der Waals surface area (Å²) in [4.78, 5) is 23.7. The van der Waals surface area contributed by atoms with E-state index in [1.165, 1.54) is 24.4 Å². The van der Waals surface area contributed by atoms with Crippen molar-refractivity contribution in [1.29, 1.82) is 0 Å². The lowest BCUT2D eigenvalue weighted by Crippen LogP contribution is -2.24. The van der Waals surface area contributed by atoms with Crippen LogP contribution in [0.15, 0.2) is 46.0 Å². The third-order valence-electron chi connectivity index (χ3n) is 3.49. The Hall–Kier alpha value is -2.94. The Morgan fingerprint density at radius 2 is 1.86 bits per heavy atom. The van der Waals surface area contributed by atoms with Gasteiger partial charge in [0.1, 0.15) is 12.2 Å². The fraction of sp³-hybridized carbons (Fsp3) is 0.250. The van der Waals surface area contributed by atoms with Crippen molar-refractivity contribution in [3.8, 4) is 11.5 Å². The smallest absolute Gasteiger partial charge is 0.249 e. The lowest BCUT2D eigenvalue weighted by molar-refractivity contribution is -0.126. The number of nitrogens with zero attached hydrogens (tertiary/aromatic N) is 1. The van der Waals surface area contributed by atoms with Crippen molar-refractivity contribution >= 4 is 39.6 Å². The summed E-state index contributed by atoms with van der Waals surface area (Å²) < 4.78 is 25.3. The van der Waals surface area contributed by atoms with E-state index in [0.29, 0.717) is 34.7 Å². The molecule has 2 N–H and O–H groups in total. The van der Waals surface area contributed by atoms with E-state index < -0.39 is 24.1 Å². The van der Waals surface area contributed by atoms with Gasteiger partial charge in [-0.05, 0) is 59.6 Å². The zero-order chi connectivity index (χ0) is 21.2. The predicted octanol–water partition coefficient (Wildman–Crippen LogP) is 3.86. The summed E-state index contributed by atoms with van der Waals surface area (Å²) in [7, 11) is 0. The molecule has 0 spiro atoms. The van der Waals surface area contributed by atoms with Crippen molar-refractivity contribution in [2.45, 2.75) is 20.3 Å². The molecule has 0 saturated carbocycles. The highest BCUT2D eigenvalue weighted by molar-refractivity contribution is 9.10. The van der Waals surface area contributed by atoms with Crippen molar-refractivity contribution < 1.29 is 23.5 Å². The summed E-state index contributed by atoms with van der Waals surface area (Å²) in [5.74, 6) is -0.734. The molecule has 0 bridgehead atoms. The van der Waals surface area contributed by atoms with Gasteiger partial charge in [0, 0.05) is 0 Å². The van der Waals surface area contributed by atoms with Crippen molar-refractivity contribution in [3.05, 3.63) is 52.3 Å². The van der Waals surface area contributed by atoms with Gasteiger partial charge in [-0.3, -0.25) is 9.59 Å². The van der Waals surface area contributed by atoms with Gasteiger partial charge in [0.25, 0.3) is 0 Å². The van der Waals surface area contributed by atoms with E-state index in [-0.39, 0.29) is 5.69 Å². The molecule has 2 rings (SSSR count). The molecule has 0 unspecified atom stereocenters. The molecule has 0 heterocycles. The van der Waals surface area contributed by atoms with Crippen LogP contribution in [0.25, 0.3) is 0 Å². The molecule has 9 heteroatoms. The molecule has 0 fully saturated rings. The third-order valence-corrected chi connectivity index (χ3v) is 4.08. The molecular formula is C20H21BrFN3O4. The van der Waals surface area contributed by atoms with E-state index in [0.717, 1.165) is 0 Å². The Labute approximate surface area is 176 Å². The zero-order valence-electron chi connectivity index (χ0n) is 16.0. The largest absolute Gasteiger partial charge is 0.490 e. The number of hydrazone groups is 1. The van der Waals surface area contributed by atoms with Crippen molar-refractivity contribution in [2.24, 2.45) is 5.10 Å². The highest BCUT2D eigenvalue weighted by atomic mass is 79.9. The second-order valence-electron chi connectivity index (χ2n) is 5.69. The molecule has 0 aliphatic rings. The Kier molecular flexibility index (Phi) is 8.60. The molecule has 7 nitrogen and oxygen atoms in total. The summed E-state index contributed by atoms with van der Waals surface area (Å²) in [5.41, 5.74) is 2.93. The first-order valence-corrected chi connectivity index (χ1v) is 9.69. The number of carbonyl (C=O) groups excluding carboxylic acids is 2. The van der Waals surface area contributed by atoms with Gasteiger partial charge < -0.3 is 14.8 Å². The van der Waals surface area contributed by atoms with Gasteiger partial charge in [-0.1, -0.05) is 12.1 Å². The number of amides is 2. The number of hydrogen-bond acceptors (Lipinski definition) is 5. The molecule has 0 aliphatic heterocycles. The Morgan fingerprint density at radius 3 is 2.55 bits per heavy atom. The summed E-state index contributed by atoms with van der Waals surface area (Å²) in [6.07, 6.45) is 0.915. The Bertz CT molecular complexity index is 905. The number of anilines is 1. The normalized spacial score (nSPS) is 10.6. The number of nitrogens with one attached hydrogen (secondary N) is 2. The third kappa shape index (κ3) is 6.86. The SMILES string of the molecule is CCOc1cc(C=NNC(=O)CC(=O)Nc2ccccc2F)cc(Br)c1OCC. The minimum atomic E-state index is -0.648. The fourth-order valence-electron chi connectivity index (χ4n) is 2.33. The van der Waals surface area contributed by atoms with E-state index >= 15 is 0 Å². The quantitative estimate of drug-likeness (QED) is 0.334. The molecule has 0 saturated heterocycles. The Balaban J connectivity index is 1.95. The van der Waals surface area contributed by atoms with Crippen LogP contribution < -0.4 is 20.2 Å². The van der Waals surface area contributed by atoms with Crippen LogP contribution in [0.2, 0.25) is 0 Å².